The van der Waals surface area contributed by atoms with E-state index in [1.165, 1.54) is 11.1 Å². The summed E-state index contributed by atoms with van der Waals surface area (Å²) in [5.41, 5.74) is 2.46. The zero-order chi connectivity index (χ0) is 22.2. The van der Waals surface area contributed by atoms with Crippen molar-refractivity contribution in [3.05, 3.63) is 59.7 Å². The number of guanidine groups is 1. The molecule has 1 atom stereocenters. The summed E-state index contributed by atoms with van der Waals surface area (Å²) in [4.78, 5) is 4.42. The lowest BCUT2D eigenvalue weighted by Gasteiger charge is -2.41. The summed E-state index contributed by atoms with van der Waals surface area (Å²) in [5, 5.41) is 10.9. The van der Waals surface area contributed by atoms with Crippen molar-refractivity contribution in [2.75, 3.05) is 40.1 Å². The molecular formula is C25H35IN4O3. The van der Waals surface area contributed by atoms with Crippen molar-refractivity contribution < 1.29 is 14.2 Å². The monoisotopic (exact) mass is 566 g/mol. The molecule has 1 fully saturated rings. The van der Waals surface area contributed by atoms with Crippen LogP contribution in [0.5, 0.6) is 11.5 Å². The van der Waals surface area contributed by atoms with Gasteiger partial charge in [0.05, 0.1) is 0 Å². The van der Waals surface area contributed by atoms with E-state index in [9.17, 15) is 0 Å². The normalized spacial score (nSPS) is 17.7. The lowest BCUT2D eigenvalue weighted by molar-refractivity contribution is 0.0355. The van der Waals surface area contributed by atoms with Crippen LogP contribution < -0.4 is 25.4 Å². The van der Waals surface area contributed by atoms with Crippen molar-refractivity contribution in [3.8, 4) is 11.5 Å². The molecule has 0 radical (unpaired) electrons. The highest BCUT2D eigenvalue weighted by molar-refractivity contribution is 14.0. The molecule has 2 aromatic rings. The van der Waals surface area contributed by atoms with Crippen molar-refractivity contribution in [1.82, 2.24) is 16.0 Å². The molecule has 2 aliphatic heterocycles. The van der Waals surface area contributed by atoms with Gasteiger partial charge in [-0.1, -0.05) is 36.4 Å². The minimum Gasteiger partial charge on any atom is -0.454 e. The number of benzene rings is 2. The molecule has 1 saturated heterocycles. The third kappa shape index (κ3) is 6.97. The van der Waals surface area contributed by atoms with Crippen LogP contribution in [0, 0.1) is 0 Å². The van der Waals surface area contributed by atoms with Crippen molar-refractivity contribution in [3.63, 3.8) is 0 Å². The van der Waals surface area contributed by atoms with E-state index in [0.29, 0.717) is 6.79 Å². The van der Waals surface area contributed by atoms with Gasteiger partial charge in [-0.25, -0.2) is 0 Å². The molecule has 7 nitrogen and oxygen atoms in total. The molecule has 0 saturated carbocycles. The zero-order valence-electron chi connectivity index (χ0n) is 19.4. The Labute approximate surface area is 213 Å². The molecule has 2 heterocycles. The summed E-state index contributed by atoms with van der Waals surface area (Å²) in [6.07, 6.45) is 2.80. The third-order valence-corrected chi connectivity index (χ3v) is 6.23. The number of nitrogens with one attached hydrogen (secondary N) is 3. The highest BCUT2D eigenvalue weighted by Crippen LogP contribution is 2.32. The summed E-state index contributed by atoms with van der Waals surface area (Å²) in [6, 6.07) is 17.0. The Hall–Kier alpha value is -2.04. The third-order valence-electron chi connectivity index (χ3n) is 6.23. The SMILES string of the molecule is CN=C(NCCc1ccc2c(c1)OCO2)NCC1(NC(C)c2ccccc2)CCOCC1.I. The van der Waals surface area contributed by atoms with E-state index in [1.807, 2.05) is 19.2 Å². The van der Waals surface area contributed by atoms with E-state index in [2.05, 4.69) is 64.3 Å². The first-order valence-electron chi connectivity index (χ1n) is 11.4. The van der Waals surface area contributed by atoms with E-state index in [4.69, 9.17) is 14.2 Å². The number of ether oxygens (including phenoxy) is 3. The highest BCUT2D eigenvalue weighted by Gasteiger charge is 2.34. The summed E-state index contributed by atoms with van der Waals surface area (Å²) in [5.74, 6) is 2.45. The average Bonchev–Trinajstić information content (AvgIpc) is 3.30. The van der Waals surface area contributed by atoms with Gasteiger partial charge < -0.3 is 30.2 Å². The van der Waals surface area contributed by atoms with Crippen LogP contribution in [0.3, 0.4) is 0 Å². The van der Waals surface area contributed by atoms with E-state index in [1.54, 1.807) is 0 Å². The predicted octanol–water partition coefficient (Wildman–Crippen LogP) is 3.64. The summed E-state index contributed by atoms with van der Waals surface area (Å²) in [7, 11) is 1.81. The fourth-order valence-corrected chi connectivity index (χ4v) is 4.31. The molecule has 0 spiro atoms. The van der Waals surface area contributed by atoms with Gasteiger partial charge in [-0.3, -0.25) is 4.99 Å². The minimum absolute atomic E-state index is 0. The molecule has 0 amide bonds. The molecule has 0 aliphatic carbocycles. The van der Waals surface area contributed by atoms with E-state index >= 15 is 0 Å². The Morgan fingerprint density at radius 3 is 2.55 bits per heavy atom. The number of halogens is 1. The van der Waals surface area contributed by atoms with Crippen LogP contribution in [0.4, 0.5) is 0 Å². The summed E-state index contributed by atoms with van der Waals surface area (Å²) >= 11 is 0. The number of hydrogen-bond donors (Lipinski definition) is 3. The minimum atomic E-state index is -0.0392. The van der Waals surface area contributed by atoms with Crippen LogP contribution in [-0.2, 0) is 11.2 Å². The predicted molar refractivity (Wildman–Crippen MR) is 142 cm³/mol. The first kappa shape index (κ1) is 25.6. The molecule has 0 aromatic heterocycles. The number of fused-ring (bicyclic) bond motifs is 1. The standard InChI is InChI=1S/C25H34N4O3.HI/c1-19(21-6-4-3-5-7-21)29-25(11-14-30-15-12-25)17-28-24(26-2)27-13-10-20-8-9-22-23(16-20)32-18-31-22;/h3-9,16,19,29H,10-15,17-18H2,1-2H3,(H2,26,27,28);1H. The Kier molecular flexibility index (Phi) is 9.64. The van der Waals surface area contributed by atoms with Crippen LogP contribution in [-0.4, -0.2) is 51.6 Å². The van der Waals surface area contributed by atoms with Gasteiger partial charge in [0, 0.05) is 44.9 Å². The van der Waals surface area contributed by atoms with Gasteiger partial charge >= 0.3 is 0 Å². The molecule has 33 heavy (non-hydrogen) atoms. The molecule has 3 N–H and O–H groups in total. The Bertz CT molecular complexity index is 904. The maximum absolute atomic E-state index is 5.66. The lowest BCUT2D eigenvalue weighted by Crippen LogP contribution is -2.58. The van der Waals surface area contributed by atoms with Crippen molar-refractivity contribution in [2.45, 2.75) is 37.8 Å². The number of rotatable bonds is 8. The second-order valence-electron chi connectivity index (χ2n) is 8.46. The molecule has 4 rings (SSSR count). The van der Waals surface area contributed by atoms with Gasteiger partial charge in [0.1, 0.15) is 0 Å². The number of aliphatic imine (C=N–C) groups is 1. The van der Waals surface area contributed by atoms with Gasteiger partial charge in [0.25, 0.3) is 0 Å². The number of nitrogens with zero attached hydrogens (tertiary/aromatic N) is 1. The van der Waals surface area contributed by atoms with E-state index in [-0.39, 0.29) is 35.6 Å². The molecule has 1 unspecified atom stereocenters. The van der Waals surface area contributed by atoms with Gasteiger partial charge in [-0.05, 0) is 49.4 Å². The van der Waals surface area contributed by atoms with Gasteiger partial charge in [0.2, 0.25) is 6.79 Å². The van der Waals surface area contributed by atoms with E-state index in [0.717, 1.165) is 63.0 Å². The van der Waals surface area contributed by atoms with E-state index < -0.39 is 0 Å². The Morgan fingerprint density at radius 1 is 1.03 bits per heavy atom. The molecule has 180 valence electrons. The fraction of sp³-hybridized carbons (Fsp3) is 0.480. The summed E-state index contributed by atoms with van der Waals surface area (Å²) < 4.78 is 16.5. The molecule has 0 bridgehead atoms. The quantitative estimate of drug-likeness (QED) is 0.258. The molecule has 2 aromatic carbocycles. The lowest BCUT2D eigenvalue weighted by atomic mass is 9.88. The van der Waals surface area contributed by atoms with Crippen LogP contribution in [0.1, 0.15) is 36.9 Å². The second-order valence-corrected chi connectivity index (χ2v) is 8.46. The summed E-state index contributed by atoms with van der Waals surface area (Å²) in [6.45, 7) is 5.64. The first-order chi connectivity index (χ1) is 15.7. The first-order valence-corrected chi connectivity index (χ1v) is 11.4. The van der Waals surface area contributed by atoms with Crippen molar-refractivity contribution >= 4 is 29.9 Å². The maximum Gasteiger partial charge on any atom is 0.231 e. The van der Waals surface area contributed by atoms with Crippen LogP contribution in [0.2, 0.25) is 0 Å². The highest BCUT2D eigenvalue weighted by atomic mass is 127. The molecular weight excluding hydrogens is 531 g/mol. The second kappa shape index (κ2) is 12.4. The number of hydrogen-bond acceptors (Lipinski definition) is 5. The average molecular weight is 566 g/mol. The maximum atomic E-state index is 5.66. The molecule has 8 heteroatoms. The van der Waals surface area contributed by atoms with Crippen LogP contribution in [0.25, 0.3) is 0 Å². The molecule has 2 aliphatic rings. The topological polar surface area (TPSA) is 76.1 Å². The van der Waals surface area contributed by atoms with Crippen molar-refractivity contribution in [2.24, 2.45) is 4.99 Å². The smallest absolute Gasteiger partial charge is 0.231 e. The van der Waals surface area contributed by atoms with Gasteiger partial charge in [-0.15, -0.1) is 24.0 Å². The zero-order valence-corrected chi connectivity index (χ0v) is 21.8. The van der Waals surface area contributed by atoms with Gasteiger partial charge in [-0.2, -0.15) is 0 Å². The van der Waals surface area contributed by atoms with Crippen LogP contribution >= 0.6 is 24.0 Å². The van der Waals surface area contributed by atoms with Gasteiger partial charge in [0.15, 0.2) is 17.5 Å². The Morgan fingerprint density at radius 2 is 1.79 bits per heavy atom. The van der Waals surface area contributed by atoms with Crippen LogP contribution in [0.15, 0.2) is 53.5 Å². The largest absolute Gasteiger partial charge is 0.454 e. The Balaban J connectivity index is 0.00000306. The fourth-order valence-electron chi connectivity index (χ4n) is 4.31. The van der Waals surface area contributed by atoms with Crippen molar-refractivity contribution in [1.29, 1.82) is 0 Å².